The van der Waals surface area contributed by atoms with Gasteiger partial charge in [0.25, 0.3) is 0 Å². The number of hydrogen-bond acceptors (Lipinski definition) is 8. The zero-order valence-electron chi connectivity index (χ0n) is 25.2. The van der Waals surface area contributed by atoms with E-state index < -0.39 is 47.3 Å². The quantitative estimate of drug-likeness (QED) is 0.378. The summed E-state index contributed by atoms with van der Waals surface area (Å²) in [6.07, 6.45) is 0.318. The molecule has 1 aliphatic heterocycles. The summed E-state index contributed by atoms with van der Waals surface area (Å²) in [5, 5.41) is 2.80. The van der Waals surface area contributed by atoms with Gasteiger partial charge in [-0.2, -0.15) is 0 Å². The molecule has 0 fully saturated rings. The number of benzene rings is 1. The summed E-state index contributed by atoms with van der Waals surface area (Å²) in [7, 11) is 0. The van der Waals surface area contributed by atoms with Crippen molar-refractivity contribution in [3.8, 4) is 0 Å². The normalized spacial score (nSPS) is 16.0. The summed E-state index contributed by atoms with van der Waals surface area (Å²) in [6.45, 7) is 14.3. The minimum Gasteiger partial charge on any atom is -0.459 e. The van der Waals surface area contributed by atoms with Gasteiger partial charge in [0.2, 0.25) is 5.91 Å². The van der Waals surface area contributed by atoms with Gasteiger partial charge >= 0.3 is 18.2 Å². The summed E-state index contributed by atoms with van der Waals surface area (Å²) < 4.78 is 17.9. The van der Waals surface area contributed by atoms with E-state index in [4.69, 9.17) is 14.2 Å². The molecule has 1 aromatic heterocycles. The maximum Gasteiger partial charge on any atom is 0.420 e. The first-order valence-electron chi connectivity index (χ1n) is 13.8. The number of carbonyl (C=O) groups is 4. The Balaban J connectivity index is 1.85. The number of imidazole rings is 1. The van der Waals surface area contributed by atoms with Crippen LogP contribution in [-0.2, 0) is 43.4 Å². The topological polar surface area (TPSA) is 129 Å². The Bertz CT molecular complexity index is 1240. The van der Waals surface area contributed by atoms with E-state index >= 15 is 0 Å². The largest absolute Gasteiger partial charge is 0.459 e. The Labute approximate surface area is 241 Å². The van der Waals surface area contributed by atoms with Crippen LogP contribution in [0.4, 0.5) is 9.59 Å². The third-order valence-electron chi connectivity index (χ3n) is 6.09. The van der Waals surface area contributed by atoms with Crippen LogP contribution in [0.1, 0.15) is 78.8 Å². The Kier molecular flexibility index (Phi) is 9.83. The van der Waals surface area contributed by atoms with Crippen molar-refractivity contribution in [2.24, 2.45) is 5.92 Å². The number of nitrogens with zero attached hydrogens (tertiary/aromatic N) is 3. The number of aromatic nitrogens is 2. The highest BCUT2D eigenvalue weighted by Crippen LogP contribution is 2.26. The lowest BCUT2D eigenvalue weighted by Crippen LogP contribution is -2.56. The van der Waals surface area contributed by atoms with Crippen molar-refractivity contribution in [2.45, 2.75) is 105 Å². The number of ether oxygens (including phenoxy) is 3. The number of hydrogen-bond donors (Lipinski definition) is 1. The fourth-order valence-corrected chi connectivity index (χ4v) is 4.31. The zero-order chi connectivity index (χ0) is 30.5. The molecule has 3 rings (SSSR count). The van der Waals surface area contributed by atoms with Gasteiger partial charge < -0.3 is 19.5 Å². The van der Waals surface area contributed by atoms with Crippen molar-refractivity contribution in [1.29, 1.82) is 0 Å². The van der Waals surface area contributed by atoms with Crippen molar-refractivity contribution in [1.82, 2.24) is 19.8 Å². The maximum absolute atomic E-state index is 13.7. The second-order valence-electron chi connectivity index (χ2n) is 12.6. The zero-order valence-corrected chi connectivity index (χ0v) is 25.2. The third kappa shape index (κ3) is 9.06. The highest BCUT2D eigenvalue weighted by atomic mass is 16.6. The first kappa shape index (κ1) is 31.6. The molecule has 0 spiro atoms. The molecule has 0 saturated heterocycles. The molecular weight excluding hydrogens is 528 g/mol. The molecule has 2 heterocycles. The van der Waals surface area contributed by atoms with Gasteiger partial charge in [0, 0.05) is 6.42 Å². The summed E-state index contributed by atoms with van der Waals surface area (Å²) in [4.78, 5) is 58.5. The summed E-state index contributed by atoms with van der Waals surface area (Å²) in [5.41, 5.74) is 0.159. The van der Waals surface area contributed by atoms with Crippen LogP contribution in [0.5, 0.6) is 0 Å². The molecule has 1 aromatic carbocycles. The van der Waals surface area contributed by atoms with Gasteiger partial charge in [0.1, 0.15) is 36.2 Å². The van der Waals surface area contributed by atoms with Gasteiger partial charge in [-0.1, -0.05) is 44.2 Å². The molecule has 1 aliphatic rings. The van der Waals surface area contributed by atoms with E-state index in [1.807, 2.05) is 44.2 Å². The van der Waals surface area contributed by atoms with Crippen LogP contribution in [0.15, 0.2) is 36.7 Å². The van der Waals surface area contributed by atoms with Crippen LogP contribution in [0.2, 0.25) is 0 Å². The minimum absolute atomic E-state index is 0.0175. The second kappa shape index (κ2) is 12.7. The summed E-state index contributed by atoms with van der Waals surface area (Å²) in [6, 6.07) is 7.31. The van der Waals surface area contributed by atoms with E-state index in [0.29, 0.717) is 17.8 Å². The highest BCUT2D eigenvalue weighted by Gasteiger charge is 2.41. The SMILES string of the molecule is CC(C)C[C@H](NC(=O)[C@@H]1Cc2ncn(C(=O)OC(C)(C)C)c2CN1C(=O)OC(C)(C)C)C(=O)OCc1ccccc1. The Morgan fingerprint density at radius 3 is 2.17 bits per heavy atom. The lowest BCUT2D eigenvalue weighted by atomic mass is 10.00. The van der Waals surface area contributed by atoms with Crippen LogP contribution < -0.4 is 5.32 Å². The average molecular weight is 571 g/mol. The van der Waals surface area contributed by atoms with E-state index in [-0.39, 0.29) is 25.5 Å². The number of fused-ring (bicyclic) bond motifs is 1. The maximum atomic E-state index is 13.7. The predicted molar refractivity (Wildman–Crippen MR) is 151 cm³/mol. The standard InChI is InChI=1S/C30H42N4O7/c1-19(2)14-22(26(36)39-17-20-12-10-9-11-13-20)32-25(35)23-15-21-24(16-33(23)27(37)40-29(3,4)5)34(18-31-21)28(38)41-30(6,7)8/h9-13,18-19,22-23H,14-17H2,1-8H3,(H,32,35)/t22-,23-/m0/s1. The summed E-state index contributed by atoms with van der Waals surface area (Å²) >= 11 is 0. The van der Waals surface area contributed by atoms with Crippen LogP contribution >= 0.6 is 0 Å². The van der Waals surface area contributed by atoms with Crippen LogP contribution in [-0.4, -0.2) is 61.8 Å². The number of rotatable bonds is 7. The molecule has 0 radical (unpaired) electrons. The summed E-state index contributed by atoms with van der Waals surface area (Å²) in [5.74, 6) is -1.03. The van der Waals surface area contributed by atoms with Gasteiger partial charge in [0.15, 0.2) is 0 Å². The Hall–Kier alpha value is -3.89. The minimum atomic E-state index is -1.03. The smallest absolute Gasteiger partial charge is 0.420 e. The van der Waals surface area contributed by atoms with Gasteiger partial charge in [-0.25, -0.2) is 23.9 Å². The molecule has 224 valence electrons. The lowest BCUT2D eigenvalue weighted by Gasteiger charge is -2.36. The monoisotopic (exact) mass is 570 g/mol. The number of carbonyl (C=O) groups excluding carboxylic acids is 4. The van der Waals surface area contributed by atoms with Crippen molar-refractivity contribution in [3.63, 3.8) is 0 Å². The van der Waals surface area contributed by atoms with Crippen molar-refractivity contribution >= 4 is 24.1 Å². The highest BCUT2D eigenvalue weighted by molar-refractivity contribution is 5.90. The van der Waals surface area contributed by atoms with E-state index in [2.05, 4.69) is 10.3 Å². The predicted octanol–water partition coefficient (Wildman–Crippen LogP) is 4.60. The molecule has 0 unspecified atom stereocenters. The molecule has 41 heavy (non-hydrogen) atoms. The second-order valence-corrected chi connectivity index (χ2v) is 12.6. The molecular formula is C30H42N4O7. The molecule has 2 atom stereocenters. The van der Waals surface area contributed by atoms with Gasteiger partial charge in [-0.15, -0.1) is 0 Å². The fourth-order valence-electron chi connectivity index (χ4n) is 4.31. The van der Waals surface area contributed by atoms with Crippen molar-refractivity contribution in [2.75, 3.05) is 0 Å². The molecule has 0 saturated carbocycles. The number of amides is 2. The van der Waals surface area contributed by atoms with Gasteiger partial charge in [-0.05, 0) is 59.4 Å². The van der Waals surface area contributed by atoms with Crippen LogP contribution in [0.25, 0.3) is 0 Å². The van der Waals surface area contributed by atoms with Gasteiger partial charge in [-0.3, -0.25) is 9.69 Å². The number of nitrogens with one attached hydrogen (secondary N) is 1. The van der Waals surface area contributed by atoms with E-state index in [9.17, 15) is 19.2 Å². The van der Waals surface area contributed by atoms with Crippen molar-refractivity contribution in [3.05, 3.63) is 53.6 Å². The molecule has 0 aliphatic carbocycles. The Morgan fingerprint density at radius 2 is 1.59 bits per heavy atom. The Morgan fingerprint density at radius 1 is 0.976 bits per heavy atom. The number of esters is 1. The third-order valence-corrected chi connectivity index (χ3v) is 6.09. The first-order chi connectivity index (χ1) is 19.0. The molecule has 2 aromatic rings. The average Bonchev–Trinajstić information content (AvgIpc) is 3.27. The van der Waals surface area contributed by atoms with E-state index in [1.165, 1.54) is 15.8 Å². The molecule has 11 nitrogen and oxygen atoms in total. The van der Waals surface area contributed by atoms with Crippen LogP contribution in [0.3, 0.4) is 0 Å². The van der Waals surface area contributed by atoms with E-state index in [1.54, 1.807) is 41.5 Å². The van der Waals surface area contributed by atoms with E-state index in [0.717, 1.165) is 5.56 Å². The molecule has 11 heteroatoms. The van der Waals surface area contributed by atoms with Crippen LogP contribution in [0, 0.1) is 5.92 Å². The van der Waals surface area contributed by atoms with Gasteiger partial charge in [0.05, 0.1) is 17.9 Å². The fraction of sp³-hybridized carbons (Fsp3) is 0.567. The molecule has 0 bridgehead atoms. The molecule has 2 amide bonds. The lowest BCUT2D eigenvalue weighted by molar-refractivity contribution is -0.150. The first-order valence-corrected chi connectivity index (χ1v) is 13.8. The van der Waals surface area contributed by atoms with Crippen molar-refractivity contribution < 1.29 is 33.4 Å². The molecule has 1 N–H and O–H groups in total.